The summed E-state index contributed by atoms with van der Waals surface area (Å²) in [4.78, 5) is 14.9. The van der Waals surface area contributed by atoms with E-state index in [1.165, 1.54) is 10.9 Å². The Bertz CT molecular complexity index is 2180. The van der Waals surface area contributed by atoms with Gasteiger partial charge < -0.3 is 4.42 Å². The SMILES string of the molecule is c1ccc(-c2ccc(-c3nc(-c4ccccc4)nc(-c4cccc5c4oc4cc6ccccc6cc45)n3)cc2)cc1. The van der Waals surface area contributed by atoms with Crippen molar-refractivity contribution in [1.82, 2.24) is 15.0 Å². The van der Waals surface area contributed by atoms with Crippen LogP contribution in [0.15, 0.2) is 144 Å². The van der Waals surface area contributed by atoms with Crippen LogP contribution in [-0.2, 0) is 0 Å². The second kappa shape index (κ2) is 9.54. The number of nitrogens with zero attached hydrogens (tertiary/aromatic N) is 3. The maximum absolute atomic E-state index is 6.50. The number of hydrogen-bond acceptors (Lipinski definition) is 4. The molecule has 0 aliphatic carbocycles. The Morgan fingerprint density at radius 1 is 0.390 bits per heavy atom. The zero-order valence-electron chi connectivity index (χ0n) is 22.0. The van der Waals surface area contributed by atoms with Gasteiger partial charge in [0.05, 0.1) is 5.56 Å². The second-order valence-corrected chi connectivity index (χ2v) is 10.1. The maximum Gasteiger partial charge on any atom is 0.167 e. The molecule has 2 aromatic heterocycles. The van der Waals surface area contributed by atoms with Crippen molar-refractivity contribution in [2.75, 3.05) is 0 Å². The molecule has 0 saturated heterocycles. The van der Waals surface area contributed by atoms with E-state index in [1.54, 1.807) is 0 Å². The van der Waals surface area contributed by atoms with Crippen LogP contribution in [0.2, 0.25) is 0 Å². The molecule has 8 rings (SSSR count). The molecular formula is C37H23N3O. The predicted molar refractivity (Wildman–Crippen MR) is 166 cm³/mol. The number of para-hydroxylation sites is 1. The summed E-state index contributed by atoms with van der Waals surface area (Å²) in [6.07, 6.45) is 0. The minimum atomic E-state index is 0.579. The molecule has 0 saturated carbocycles. The minimum absolute atomic E-state index is 0.579. The van der Waals surface area contributed by atoms with Gasteiger partial charge in [0.1, 0.15) is 11.2 Å². The third kappa shape index (κ3) is 4.14. The molecule has 0 amide bonds. The molecule has 192 valence electrons. The highest BCUT2D eigenvalue weighted by atomic mass is 16.3. The van der Waals surface area contributed by atoms with Crippen molar-refractivity contribution in [3.63, 3.8) is 0 Å². The molecule has 0 aliphatic rings. The van der Waals surface area contributed by atoms with E-state index in [1.807, 2.05) is 54.6 Å². The molecule has 4 nitrogen and oxygen atoms in total. The molecule has 0 atom stereocenters. The average Bonchev–Trinajstić information content (AvgIpc) is 3.42. The highest BCUT2D eigenvalue weighted by molar-refractivity contribution is 6.12. The van der Waals surface area contributed by atoms with Gasteiger partial charge in [0.25, 0.3) is 0 Å². The van der Waals surface area contributed by atoms with E-state index < -0.39 is 0 Å². The lowest BCUT2D eigenvalue weighted by molar-refractivity contribution is 0.670. The first-order valence-corrected chi connectivity index (χ1v) is 13.6. The standard InChI is InChI=1S/C37H23N3O/c1-3-10-24(11-4-1)25-18-20-27(21-19-25)36-38-35(26-12-5-2-6-13-26)39-37(40-36)31-17-9-16-30-32-22-28-14-7-8-15-29(28)23-33(32)41-34(30)31/h1-23H. The third-order valence-corrected chi connectivity index (χ3v) is 7.52. The fraction of sp³-hybridized carbons (Fsp3) is 0. The summed E-state index contributed by atoms with van der Waals surface area (Å²) in [6, 6.07) is 47.6. The fourth-order valence-electron chi connectivity index (χ4n) is 5.44. The van der Waals surface area contributed by atoms with Gasteiger partial charge in [-0.15, -0.1) is 0 Å². The van der Waals surface area contributed by atoms with Crippen molar-refractivity contribution in [1.29, 1.82) is 0 Å². The van der Waals surface area contributed by atoms with Gasteiger partial charge >= 0.3 is 0 Å². The average molecular weight is 526 g/mol. The highest BCUT2D eigenvalue weighted by Gasteiger charge is 2.18. The van der Waals surface area contributed by atoms with E-state index in [0.29, 0.717) is 17.5 Å². The van der Waals surface area contributed by atoms with Crippen molar-refractivity contribution >= 4 is 32.7 Å². The predicted octanol–water partition coefficient (Wildman–Crippen LogP) is 9.59. The lowest BCUT2D eigenvalue weighted by atomic mass is 10.0. The quantitative estimate of drug-likeness (QED) is 0.230. The molecule has 0 fully saturated rings. The first-order valence-electron chi connectivity index (χ1n) is 13.6. The number of rotatable bonds is 4. The van der Waals surface area contributed by atoms with Crippen LogP contribution in [0.1, 0.15) is 0 Å². The summed E-state index contributed by atoms with van der Waals surface area (Å²) >= 11 is 0. The van der Waals surface area contributed by atoms with Crippen LogP contribution in [0.4, 0.5) is 0 Å². The number of fused-ring (bicyclic) bond motifs is 4. The molecule has 0 bridgehead atoms. The lowest BCUT2D eigenvalue weighted by Crippen LogP contribution is -2.00. The zero-order valence-corrected chi connectivity index (χ0v) is 22.0. The van der Waals surface area contributed by atoms with Gasteiger partial charge in [0.15, 0.2) is 17.5 Å². The van der Waals surface area contributed by atoms with Crippen molar-refractivity contribution < 1.29 is 4.42 Å². The van der Waals surface area contributed by atoms with Crippen LogP contribution in [-0.4, -0.2) is 15.0 Å². The summed E-state index contributed by atoms with van der Waals surface area (Å²) in [5.74, 6) is 1.82. The summed E-state index contributed by atoms with van der Waals surface area (Å²) in [5, 5.41) is 4.45. The Kier molecular flexibility index (Phi) is 5.42. The van der Waals surface area contributed by atoms with E-state index in [-0.39, 0.29) is 0 Å². The normalized spacial score (nSPS) is 11.4. The molecule has 4 heteroatoms. The molecule has 0 N–H and O–H groups in total. The van der Waals surface area contributed by atoms with Crippen molar-refractivity contribution in [2.24, 2.45) is 0 Å². The lowest BCUT2D eigenvalue weighted by Gasteiger charge is -2.09. The Balaban J connectivity index is 1.32. The number of aromatic nitrogens is 3. The highest BCUT2D eigenvalue weighted by Crippen LogP contribution is 2.37. The molecule has 0 spiro atoms. The molecule has 41 heavy (non-hydrogen) atoms. The fourth-order valence-corrected chi connectivity index (χ4v) is 5.44. The second-order valence-electron chi connectivity index (χ2n) is 10.1. The minimum Gasteiger partial charge on any atom is -0.455 e. The molecule has 8 aromatic rings. The molecule has 0 radical (unpaired) electrons. The maximum atomic E-state index is 6.50. The topological polar surface area (TPSA) is 51.8 Å². The Labute approximate surface area is 236 Å². The van der Waals surface area contributed by atoms with Gasteiger partial charge in [-0.05, 0) is 40.1 Å². The van der Waals surface area contributed by atoms with Crippen molar-refractivity contribution in [3.8, 4) is 45.3 Å². The first-order chi connectivity index (χ1) is 20.3. The van der Waals surface area contributed by atoms with Crippen LogP contribution >= 0.6 is 0 Å². The Morgan fingerprint density at radius 3 is 1.63 bits per heavy atom. The number of hydrogen-bond donors (Lipinski definition) is 0. The van der Waals surface area contributed by atoms with Crippen molar-refractivity contribution in [3.05, 3.63) is 140 Å². The first kappa shape index (κ1) is 23.3. The smallest absolute Gasteiger partial charge is 0.167 e. The molecule has 0 unspecified atom stereocenters. The van der Waals surface area contributed by atoms with E-state index in [9.17, 15) is 0 Å². The van der Waals surface area contributed by atoms with E-state index in [0.717, 1.165) is 49.6 Å². The van der Waals surface area contributed by atoms with Gasteiger partial charge in [0.2, 0.25) is 0 Å². The van der Waals surface area contributed by atoms with Crippen LogP contribution in [0, 0.1) is 0 Å². The number of furan rings is 1. The summed E-state index contributed by atoms with van der Waals surface area (Å²) in [5.41, 5.74) is 6.63. The summed E-state index contributed by atoms with van der Waals surface area (Å²) in [7, 11) is 0. The third-order valence-electron chi connectivity index (χ3n) is 7.52. The van der Waals surface area contributed by atoms with Crippen molar-refractivity contribution in [2.45, 2.75) is 0 Å². The van der Waals surface area contributed by atoms with Crippen LogP contribution < -0.4 is 0 Å². The summed E-state index contributed by atoms with van der Waals surface area (Å²) < 4.78 is 6.50. The van der Waals surface area contributed by atoms with Gasteiger partial charge in [0, 0.05) is 21.9 Å². The molecular weight excluding hydrogens is 502 g/mol. The monoisotopic (exact) mass is 525 g/mol. The Morgan fingerprint density at radius 2 is 0.927 bits per heavy atom. The van der Waals surface area contributed by atoms with Gasteiger partial charge in [-0.1, -0.05) is 121 Å². The van der Waals surface area contributed by atoms with Crippen LogP contribution in [0.25, 0.3) is 78.0 Å². The molecule has 0 aliphatic heterocycles. The van der Waals surface area contributed by atoms with E-state index >= 15 is 0 Å². The van der Waals surface area contributed by atoms with E-state index in [2.05, 4.69) is 84.9 Å². The van der Waals surface area contributed by atoms with Gasteiger partial charge in [-0.3, -0.25) is 0 Å². The van der Waals surface area contributed by atoms with Gasteiger partial charge in [-0.2, -0.15) is 0 Å². The molecule has 2 heterocycles. The van der Waals surface area contributed by atoms with Crippen LogP contribution in [0.3, 0.4) is 0 Å². The van der Waals surface area contributed by atoms with Gasteiger partial charge in [-0.25, -0.2) is 15.0 Å². The van der Waals surface area contributed by atoms with E-state index in [4.69, 9.17) is 19.4 Å². The molecule has 6 aromatic carbocycles. The number of benzene rings is 6. The Hall–Kier alpha value is -5.61. The van der Waals surface area contributed by atoms with Crippen LogP contribution in [0.5, 0.6) is 0 Å². The summed E-state index contributed by atoms with van der Waals surface area (Å²) in [6.45, 7) is 0. The zero-order chi connectivity index (χ0) is 27.2. The largest absolute Gasteiger partial charge is 0.455 e.